The van der Waals surface area contributed by atoms with E-state index in [1.54, 1.807) is 23.1 Å². The minimum absolute atomic E-state index is 0.218. The molecule has 2 aromatic heterocycles. The number of pyridine rings is 1. The van der Waals surface area contributed by atoms with Gasteiger partial charge in [-0.2, -0.15) is 0 Å². The van der Waals surface area contributed by atoms with Crippen molar-refractivity contribution >= 4 is 46.4 Å². The smallest absolute Gasteiger partial charge is 0.239 e. The van der Waals surface area contributed by atoms with E-state index in [4.69, 9.17) is 23.2 Å². The molecule has 3 aromatic rings. The molecule has 2 amide bonds. The van der Waals surface area contributed by atoms with Crippen LogP contribution in [0.4, 0.5) is 5.69 Å². The average Bonchev–Trinajstić information content (AvgIpc) is 3.31. The van der Waals surface area contributed by atoms with Gasteiger partial charge >= 0.3 is 0 Å². The molecular formula is C20H19Cl2N5O2. The molecule has 0 bridgehead atoms. The maximum absolute atomic E-state index is 12.7. The van der Waals surface area contributed by atoms with Gasteiger partial charge in [-0.3, -0.25) is 14.0 Å². The van der Waals surface area contributed by atoms with Gasteiger partial charge in [0.25, 0.3) is 0 Å². The molecule has 29 heavy (non-hydrogen) atoms. The number of aromatic nitrogens is 3. The fourth-order valence-electron chi connectivity index (χ4n) is 3.48. The van der Waals surface area contributed by atoms with Crippen LogP contribution in [-0.2, 0) is 16.0 Å². The zero-order valence-corrected chi connectivity index (χ0v) is 17.0. The highest BCUT2D eigenvalue weighted by molar-refractivity contribution is 6.42. The van der Waals surface area contributed by atoms with Crippen LogP contribution in [0, 0.1) is 5.92 Å². The molecule has 1 fully saturated rings. The van der Waals surface area contributed by atoms with Crippen molar-refractivity contribution in [2.75, 3.05) is 18.0 Å². The average molecular weight is 432 g/mol. The maximum Gasteiger partial charge on any atom is 0.239 e. The monoisotopic (exact) mass is 431 g/mol. The van der Waals surface area contributed by atoms with Gasteiger partial charge in [0.15, 0.2) is 5.65 Å². The van der Waals surface area contributed by atoms with Crippen LogP contribution in [0.5, 0.6) is 0 Å². The van der Waals surface area contributed by atoms with Crippen molar-refractivity contribution in [2.45, 2.75) is 19.3 Å². The molecule has 0 radical (unpaired) electrons. The summed E-state index contributed by atoms with van der Waals surface area (Å²) in [5, 5.41) is 12.0. The molecule has 4 rings (SSSR count). The largest absolute Gasteiger partial charge is 0.355 e. The topological polar surface area (TPSA) is 79.6 Å². The van der Waals surface area contributed by atoms with Gasteiger partial charge in [-0.25, -0.2) is 0 Å². The summed E-state index contributed by atoms with van der Waals surface area (Å²) in [6, 6.07) is 10.7. The van der Waals surface area contributed by atoms with Crippen LogP contribution in [0.1, 0.15) is 18.7 Å². The third-order valence-corrected chi connectivity index (χ3v) is 5.74. The molecule has 1 aliphatic heterocycles. The van der Waals surface area contributed by atoms with E-state index in [2.05, 4.69) is 15.5 Å². The first-order valence-corrected chi connectivity index (χ1v) is 10.1. The number of nitrogens with one attached hydrogen (secondary N) is 1. The molecule has 1 saturated heterocycles. The Kier molecular flexibility index (Phi) is 5.69. The number of hydrogen-bond acceptors (Lipinski definition) is 4. The van der Waals surface area contributed by atoms with Gasteiger partial charge in [-0.15, -0.1) is 10.2 Å². The van der Waals surface area contributed by atoms with Crippen molar-refractivity contribution in [1.29, 1.82) is 0 Å². The van der Waals surface area contributed by atoms with Gasteiger partial charge in [0, 0.05) is 31.4 Å². The van der Waals surface area contributed by atoms with E-state index in [-0.39, 0.29) is 11.8 Å². The van der Waals surface area contributed by atoms with E-state index in [0.717, 1.165) is 11.5 Å². The zero-order chi connectivity index (χ0) is 20.4. The van der Waals surface area contributed by atoms with Crippen LogP contribution < -0.4 is 10.2 Å². The fourth-order valence-corrected chi connectivity index (χ4v) is 3.77. The molecule has 3 heterocycles. The second kappa shape index (κ2) is 8.39. The molecule has 1 aliphatic rings. The number of anilines is 1. The first-order chi connectivity index (χ1) is 14.0. The van der Waals surface area contributed by atoms with Crippen molar-refractivity contribution in [3.05, 3.63) is 58.5 Å². The molecule has 7 nitrogen and oxygen atoms in total. The van der Waals surface area contributed by atoms with Gasteiger partial charge in [-0.1, -0.05) is 29.3 Å². The van der Waals surface area contributed by atoms with E-state index in [1.165, 1.54) is 0 Å². The molecule has 0 aliphatic carbocycles. The molecule has 1 N–H and O–H groups in total. The Morgan fingerprint density at radius 1 is 1.17 bits per heavy atom. The van der Waals surface area contributed by atoms with Gasteiger partial charge in [0.1, 0.15) is 11.7 Å². The minimum atomic E-state index is -0.682. The fraction of sp³-hybridized carbons (Fsp3) is 0.300. The quantitative estimate of drug-likeness (QED) is 0.480. The standard InChI is InChI=1S/C20H19Cl2N5O2/c21-15-7-6-13(12-16(15)22)26-11-8-14(20(26)29)19(28)23-9-3-5-18-25-24-17-4-1-2-10-27(17)18/h1-2,4,6-7,10,12,14H,3,5,8-9,11H2,(H,23,28). The highest BCUT2D eigenvalue weighted by Crippen LogP contribution is 2.31. The molecule has 1 unspecified atom stereocenters. The van der Waals surface area contributed by atoms with E-state index in [0.29, 0.717) is 48.1 Å². The van der Waals surface area contributed by atoms with Gasteiger partial charge in [0.05, 0.1) is 10.0 Å². The van der Waals surface area contributed by atoms with Crippen LogP contribution >= 0.6 is 23.2 Å². The lowest BCUT2D eigenvalue weighted by Gasteiger charge is -2.17. The number of benzene rings is 1. The number of halogens is 2. The Morgan fingerprint density at radius 3 is 2.86 bits per heavy atom. The van der Waals surface area contributed by atoms with Crippen molar-refractivity contribution in [1.82, 2.24) is 19.9 Å². The molecular weight excluding hydrogens is 413 g/mol. The van der Waals surface area contributed by atoms with Crippen molar-refractivity contribution in [3.63, 3.8) is 0 Å². The minimum Gasteiger partial charge on any atom is -0.355 e. The second-order valence-corrected chi connectivity index (χ2v) is 7.68. The number of carbonyl (C=O) groups is 2. The number of amides is 2. The number of hydrogen-bond donors (Lipinski definition) is 1. The maximum atomic E-state index is 12.7. The van der Waals surface area contributed by atoms with Gasteiger partial charge in [-0.05, 0) is 43.2 Å². The molecule has 1 aromatic carbocycles. The third kappa shape index (κ3) is 4.06. The van der Waals surface area contributed by atoms with E-state index < -0.39 is 5.92 Å². The summed E-state index contributed by atoms with van der Waals surface area (Å²) >= 11 is 12.0. The van der Waals surface area contributed by atoms with Crippen LogP contribution in [0.2, 0.25) is 10.0 Å². The number of nitrogens with zero attached hydrogens (tertiary/aromatic N) is 4. The summed E-state index contributed by atoms with van der Waals surface area (Å²) in [5.74, 6) is -0.302. The lowest BCUT2D eigenvalue weighted by molar-refractivity contribution is -0.132. The molecule has 150 valence electrons. The Morgan fingerprint density at radius 2 is 2.03 bits per heavy atom. The van der Waals surface area contributed by atoms with Crippen LogP contribution in [0.3, 0.4) is 0 Å². The van der Waals surface area contributed by atoms with Crippen molar-refractivity contribution < 1.29 is 9.59 Å². The van der Waals surface area contributed by atoms with Crippen molar-refractivity contribution in [2.24, 2.45) is 5.92 Å². The normalized spacial score (nSPS) is 16.6. The summed E-state index contributed by atoms with van der Waals surface area (Å²) in [5.41, 5.74) is 1.45. The van der Waals surface area contributed by atoms with E-state index in [1.807, 2.05) is 28.8 Å². The van der Waals surface area contributed by atoms with Crippen molar-refractivity contribution in [3.8, 4) is 0 Å². The number of fused-ring (bicyclic) bond motifs is 1. The molecule has 9 heteroatoms. The SMILES string of the molecule is O=C(NCCCc1nnc2ccccn12)C1CCN(c2ccc(Cl)c(Cl)c2)C1=O. The highest BCUT2D eigenvalue weighted by atomic mass is 35.5. The summed E-state index contributed by atoms with van der Waals surface area (Å²) in [7, 11) is 0. The van der Waals surface area contributed by atoms with Gasteiger partial charge < -0.3 is 10.2 Å². The van der Waals surface area contributed by atoms with Crippen LogP contribution in [-0.4, -0.2) is 39.5 Å². The molecule has 1 atom stereocenters. The summed E-state index contributed by atoms with van der Waals surface area (Å²) < 4.78 is 1.93. The lowest BCUT2D eigenvalue weighted by atomic mass is 10.1. The Balaban J connectivity index is 1.30. The first kappa shape index (κ1) is 19.7. The number of rotatable bonds is 6. The lowest BCUT2D eigenvalue weighted by Crippen LogP contribution is -2.37. The second-order valence-electron chi connectivity index (χ2n) is 6.87. The van der Waals surface area contributed by atoms with Crippen LogP contribution in [0.15, 0.2) is 42.6 Å². The van der Waals surface area contributed by atoms with E-state index in [9.17, 15) is 9.59 Å². The predicted octanol–water partition coefficient (Wildman–Crippen LogP) is 3.14. The Bertz CT molecular complexity index is 1070. The predicted molar refractivity (Wildman–Crippen MR) is 111 cm³/mol. The number of aryl methyl sites for hydroxylation is 1. The molecule has 0 spiro atoms. The highest BCUT2D eigenvalue weighted by Gasteiger charge is 2.37. The van der Waals surface area contributed by atoms with Crippen LogP contribution in [0.25, 0.3) is 5.65 Å². The first-order valence-electron chi connectivity index (χ1n) is 9.37. The number of carbonyl (C=O) groups excluding carboxylic acids is 2. The van der Waals surface area contributed by atoms with E-state index >= 15 is 0 Å². The Hall–Kier alpha value is -2.64. The third-order valence-electron chi connectivity index (χ3n) is 5.00. The zero-order valence-electron chi connectivity index (χ0n) is 15.5. The summed E-state index contributed by atoms with van der Waals surface area (Å²) in [6.45, 7) is 0.942. The summed E-state index contributed by atoms with van der Waals surface area (Å²) in [6.07, 6.45) is 3.77. The summed E-state index contributed by atoms with van der Waals surface area (Å²) in [4.78, 5) is 26.7. The Labute approximate surface area is 177 Å². The van der Waals surface area contributed by atoms with Gasteiger partial charge in [0.2, 0.25) is 11.8 Å². The molecule has 0 saturated carbocycles.